The first kappa shape index (κ1) is 8.48. The first-order chi connectivity index (χ1) is 5.79. The summed E-state index contributed by atoms with van der Waals surface area (Å²) in [6.07, 6.45) is 3.75. The molecule has 2 aliphatic rings. The van der Waals surface area contributed by atoms with Gasteiger partial charge in [0.1, 0.15) is 0 Å². The fourth-order valence-corrected chi connectivity index (χ4v) is 1.99. The van der Waals surface area contributed by atoms with E-state index in [1.165, 1.54) is 19.3 Å². The molecule has 0 spiro atoms. The van der Waals surface area contributed by atoms with Gasteiger partial charge in [0.2, 0.25) is 0 Å². The van der Waals surface area contributed by atoms with Crippen molar-refractivity contribution in [3.8, 4) is 0 Å². The Hall–Kier alpha value is -0.120. The predicted octanol–water partition coefficient (Wildman–Crippen LogP) is 0.200. The van der Waals surface area contributed by atoms with Gasteiger partial charge in [-0.05, 0) is 19.3 Å². The van der Waals surface area contributed by atoms with Crippen LogP contribution in [0, 0.1) is 0 Å². The maximum atomic E-state index is 6.15. The largest absolute Gasteiger partial charge is 0.379 e. The lowest BCUT2D eigenvalue weighted by Crippen LogP contribution is -2.56. The van der Waals surface area contributed by atoms with Crippen molar-refractivity contribution in [1.82, 2.24) is 4.90 Å². The first-order valence-corrected chi connectivity index (χ1v) is 4.88. The van der Waals surface area contributed by atoms with Crippen LogP contribution in [0.25, 0.3) is 0 Å². The van der Waals surface area contributed by atoms with Crippen LogP contribution < -0.4 is 5.73 Å². The number of hydrogen-bond acceptors (Lipinski definition) is 3. The number of nitrogens with zero attached hydrogens (tertiary/aromatic N) is 1. The molecule has 2 N–H and O–H groups in total. The van der Waals surface area contributed by atoms with E-state index in [1.807, 2.05) is 0 Å². The number of ether oxygens (including phenoxy) is 1. The number of hydrogen-bond donors (Lipinski definition) is 1. The first-order valence-electron chi connectivity index (χ1n) is 4.88. The molecule has 0 amide bonds. The summed E-state index contributed by atoms with van der Waals surface area (Å²) in [6, 6.07) is 0. The lowest BCUT2D eigenvalue weighted by molar-refractivity contribution is 0.0184. The molecule has 3 nitrogen and oxygen atoms in total. The van der Waals surface area contributed by atoms with Gasteiger partial charge in [-0.15, -0.1) is 0 Å². The fraction of sp³-hybridized carbons (Fsp3) is 1.00. The third-order valence-electron chi connectivity index (χ3n) is 2.99. The monoisotopic (exact) mass is 170 g/mol. The molecule has 3 heteroatoms. The van der Waals surface area contributed by atoms with Gasteiger partial charge in [-0.25, -0.2) is 0 Å². The van der Waals surface area contributed by atoms with Crippen LogP contribution in [-0.2, 0) is 4.74 Å². The molecule has 0 aromatic rings. The van der Waals surface area contributed by atoms with E-state index in [0.717, 1.165) is 32.8 Å². The Kier molecular flexibility index (Phi) is 2.35. The van der Waals surface area contributed by atoms with E-state index in [0.29, 0.717) is 0 Å². The van der Waals surface area contributed by atoms with Gasteiger partial charge in [-0.1, -0.05) is 0 Å². The highest BCUT2D eigenvalue weighted by Crippen LogP contribution is 2.29. The van der Waals surface area contributed by atoms with Crippen molar-refractivity contribution in [1.29, 1.82) is 0 Å². The average Bonchev–Trinajstić information content (AvgIpc) is 2.04. The zero-order chi connectivity index (χ0) is 8.44. The molecule has 2 fully saturated rings. The number of rotatable bonds is 2. The Morgan fingerprint density at radius 3 is 2.42 bits per heavy atom. The van der Waals surface area contributed by atoms with Gasteiger partial charge < -0.3 is 10.5 Å². The highest BCUT2D eigenvalue weighted by Gasteiger charge is 2.34. The summed E-state index contributed by atoms with van der Waals surface area (Å²) in [5.74, 6) is 0. The van der Waals surface area contributed by atoms with Gasteiger partial charge in [-0.2, -0.15) is 0 Å². The van der Waals surface area contributed by atoms with Crippen molar-refractivity contribution in [2.45, 2.75) is 24.8 Å². The van der Waals surface area contributed by atoms with Gasteiger partial charge in [0.15, 0.2) is 0 Å². The molecular weight excluding hydrogens is 152 g/mol. The van der Waals surface area contributed by atoms with Crippen LogP contribution in [0.3, 0.4) is 0 Å². The second-order valence-corrected chi connectivity index (χ2v) is 4.10. The second-order valence-electron chi connectivity index (χ2n) is 4.10. The normalized spacial score (nSPS) is 29.8. The van der Waals surface area contributed by atoms with Crippen LogP contribution in [0.2, 0.25) is 0 Å². The van der Waals surface area contributed by atoms with E-state index in [2.05, 4.69) is 4.90 Å². The third kappa shape index (κ3) is 1.79. The highest BCUT2D eigenvalue weighted by atomic mass is 16.5. The summed E-state index contributed by atoms with van der Waals surface area (Å²) in [4.78, 5) is 2.43. The van der Waals surface area contributed by atoms with E-state index >= 15 is 0 Å². The van der Waals surface area contributed by atoms with Crippen molar-refractivity contribution < 1.29 is 4.74 Å². The van der Waals surface area contributed by atoms with Crippen LogP contribution >= 0.6 is 0 Å². The Morgan fingerprint density at radius 2 is 1.92 bits per heavy atom. The topological polar surface area (TPSA) is 38.5 Å². The second kappa shape index (κ2) is 3.32. The van der Waals surface area contributed by atoms with Crippen LogP contribution in [0.4, 0.5) is 0 Å². The maximum absolute atomic E-state index is 6.15. The highest BCUT2D eigenvalue weighted by molar-refractivity contribution is 4.95. The minimum absolute atomic E-state index is 0.150. The van der Waals surface area contributed by atoms with Gasteiger partial charge in [0.25, 0.3) is 0 Å². The van der Waals surface area contributed by atoms with Crippen LogP contribution in [0.5, 0.6) is 0 Å². The molecule has 1 saturated heterocycles. The summed E-state index contributed by atoms with van der Waals surface area (Å²) in [7, 11) is 0. The minimum atomic E-state index is 0.150. The smallest absolute Gasteiger partial charge is 0.0594 e. The summed E-state index contributed by atoms with van der Waals surface area (Å²) in [6.45, 7) is 4.99. The van der Waals surface area contributed by atoms with Crippen molar-refractivity contribution in [3.05, 3.63) is 0 Å². The van der Waals surface area contributed by atoms with E-state index in [-0.39, 0.29) is 5.54 Å². The molecule has 0 atom stereocenters. The van der Waals surface area contributed by atoms with E-state index in [4.69, 9.17) is 10.5 Å². The van der Waals surface area contributed by atoms with E-state index < -0.39 is 0 Å². The van der Waals surface area contributed by atoms with Gasteiger partial charge in [-0.3, -0.25) is 4.90 Å². The Morgan fingerprint density at radius 1 is 1.25 bits per heavy atom. The van der Waals surface area contributed by atoms with E-state index in [1.54, 1.807) is 0 Å². The number of nitrogens with two attached hydrogens (primary N) is 1. The SMILES string of the molecule is NC1(CN2CCOCC2)CCC1. The van der Waals surface area contributed by atoms with E-state index in [9.17, 15) is 0 Å². The quantitative estimate of drug-likeness (QED) is 0.643. The summed E-state index contributed by atoms with van der Waals surface area (Å²) in [5.41, 5.74) is 6.30. The third-order valence-corrected chi connectivity index (χ3v) is 2.99. The number of morpholine rings is 1. The van der Waals surface area contributed by atoms with Gasteiger partial charge in [0, 0.05) is 25.2 Å². The standard InChI is InChI=1S/C9H18N2O/c10-9(2-1-3-9)8-11-4-6-12-7-5-11/h1-8,10H2. The van der Waals surface area contributed by atoms with Crippen LogP contribution in [0.15, 0.2) is 0 Å². The van der Waals surface area contributed by atoms with Gasteiger partial charge >= 0.3 is 0 Å². The molecule has 1 saturated carbocycles. The molecule has 0 aromatic heterocycles. The minimum Gasteiger partial charge on any atom is -0.379 e. The fourth-order valence-electron chi connectivity index (χ4n) is 1.99. The van der Waals surface area contributed by atoms with Crippen molar-refractivity contribution in [2.75, 3.05) is 32.8 Å². The van der Waals surface area contributed by atoms with Crippen molar-refractivity contribution >= 4 is 0 Å². The summed E-state index contributed by atoms with van der Waals surface area (Å²) < 4.78 is 5.28. The van der Waals surface area contributed by atoms with Crippen LogP contribution in [0.1, 0.15) is 19.3 Å². The molecule has 12 heavy (non-hydrogen) atoms. The van der Waals surface area contributed by atoms with Crippen LogP contribution in [-0.4, -0.2) is 43.3 Å². The summed E-state index contributed by atoms with van der Waals surface area (Å²) >= 11 is 0. The molecular formula is C9H18N2O. The molecule has 1 aliphatic carbocycles. The summed E-state index contributed by atoms with van der Waals surface area (Å²) in [5, 5.41) is 0. The zero-order valence-electron chi connectivity index (χ0n) is 7.59. The molecule has 0 bridgehead atoms. The average molecular weight is 170 g/mol. The van der Waals surface area contributed by atoms with Crippen molar-refractivity contribution in [3.63, 3.8) is 0 Å². The Balaban J connectivity index is 1.77. The molecule has 1 heterocycles. The predicted molar refractivity (Wildman–Crippen MR) is 48.0 cm³/mol. The molecule has 0 unspecified atom stereocenters. The molecule has 2 rings (SSSR count). The molecule has 0 radical (unpaired) electrons. The lowest BCUT2D eigenvalue weighted by Gasteiger charge is -2.42. The van der Waals surface area contributed by atoms with Gasteiger partial charge in [0.05, 0.1) is 13.2 Å². The lowest BCUT2D eigenvalue weighted by atomic mass is 9.77. The Labute approximate surface area is 73.9 Å². The maximum Gasteiger partial charge on any atom is 0.0594 e. The zero-order valence-corrected chi connectivity index (χ0v) is 7.59. The molecule has 70 valence electrons. The molecule has 1 aliphatic heterocycles. The van der Waals surface area contributed by atoms with Crippen molar-refractivity contribution in [2.24, 2.45) is 5.73 Å². The molecule has 0 aromatic carbocycles. The Bertz CT molecular complexity index is 151.